The van der Waals surface area contributed by atoms with Gasteiger partial charge in [-0.15, -0.1) is 0 Å². The first-order valence-electron chi connectivity index (χ1n) is 12.1. The smallest absolute Gasteiger partial charge is 0.325 e. The lowest BCUT2D eigenvalue weighted by Gasteiger charge is -2.14. The third-order valence-corrected chi connectivity index (χ3v) is 4.50. The Labute approximate surface area is 214 Å². The summed E-state index contributed by atoms with van der Waals surface area (Å²) in [5, 5.41) is 11.0. The molecule has 0 aliphatic heterocycles. The maximum absolute atomic E-state index is 12.2. The minimum absolute atomic E-state index is 0.0975. The molecule has 1 aromatic heterocycles. The van der Waals surface area contributed by atoms with Crippen molar-refractivity contribution < 1.29 is 33.7 Å². The number of aromatic nitrogens is 1. The number of phenolic OH excluding ortho intramolecular Hbond substituents is 1. The van der Waals surface area contributed by atoms with E-state index >= 15 is 0 Å². The SMILES string of the molecule is CCCC.CCCCC(C)OC(=O)CNC(=O)c1nccc(OC)c1OC(C)=O.Oc1ccccc1. The van der Waals surface area contributed by atoms with Gasteiger partial charge in [0.2, 0.25) is 5.75 Å². The van der Waals surface area contributed by atoms with Crippen LogP contribution in [0, 0.1) is 0 Å². The van der Waals surface area contributed by atoms with Gasteiger partial charge in [-0.05, 0) is 25.5 Å². The number of phenols is 1. The lowest BCUT2D eigenvalue weighted by atomic mass is 10.2. The number of ether oxygens (including phenoxy) is 3. The van der Waals surface area contributed by atoms with Crippen LogP contribution >= 0.6 is 0 Å². The molecule has 9 nitrogen and oxygen atoms in total. The number of methoxy groups -OCH3 is 1. The molecule has 0 fully saturated rings. The molecule has 1 heterocycles. The first-order valence-corrected chi connectivity index (χ1v) is 12.1. The molecule has 0 saturated heterocycles. The van der Waals surface area contributed by atoms with Crippen LogP contribution in [0.1, 0.15) is 77.2 Å². The quantitative estimate of drug-likeness (QED) is 0.430. The zero-order valence-electron chi connectivity index (χ0n) is 22.2. The molecule has 0 spiro atoms. The molecule has 0 aliphatic rings. The fourth-order valence-electron chi connectivity index (χ4n) is 2.48. The Bertz CT molecular complexity index is 902. The number of carbonyl (C=O) groups is 3. The van der Waals surface area contributed by atoms with E-state index in [1.807, 2.05) is 6.07 Å². The first-order chi connectivity index (χ1) is 17.2. The highest BCUT2D eigenvalue weighted by Gasteiger charge is 2.21. The fraction of sp³-hybridized carbons (Fsp3) is 0.481. The Balaban J connectivity index is 0.000000913. The van der Waals surface area contributed by atoms with Gasteiger partial charge in [0.15, 0.2) is 11.4 Å². The number of pyridine rings is 1. The maximum Gasteiger partial charge on any atom is 0.325 e. The van der Waals surface area contributed by atoms with Gasteiger partial charge in [-0.3, -0.25) is 14.4 Å². The molecular weight excluding hydrogens is 464 g/mol. The highest BCUT2D eigenvalue weighted by molar-refractivity contribution is 5.98. The zero-order chi connectivity index (χ0) is 27.3. The summed E-state index contributed by atoms with van der Waals surface area (Å²) in [6.07, 6.45) is 6.51. The van der Waals surface area contributed by atoms with E-state index in [9.17, 15) is 14.4 Å². The van der Waals surface area contributed by atoms with E-state index in [1.165, 1.54) is 39.1 Å². The second-order valence-corrected chi connectivity index (χ2v) is 7.75. The van der Waals surface area contributed by atoms with Crippen molar-refractivity contribution in [1.82, 2.24) is 10.3 Å². The van der Waals surface area contributed by atoms with Crippen molar-refractivity contribution in [2.45, 2.75) is 72.8 Å². The number of carbonyl (C=O) groups excluding carboxylic acids is 3. The van der Waals surface area contributed by atoms with Crippen LogP contribution in [-0.4, -0.2) is 47.7 Å². The number of para-hydroxylation sites is 1. The van der Waals surface area contributed by atoms with Crippen LogP contribution in [0.4, 0.5) is 0 Å². The summed E-state index contributed by atoms with van der Waals surface area (Å²) < 4.78 is 15.3. The topological polar surface area (TPSA) is 124 Å². The molecular formula is C27H40N2O7. The second-order valence-electron chi connectivity index (χ2n) is 7.75. The summed E-state index contributed by atoms with van der Waals surface area (Å²) in [5.41, 5.74) is -0.151. The molecule has 0 bridgehead atoms. The summed E-state index contributed by atoms with van der Waals surface area (Å²) in [6, 6.07) is 10.2. The summed E-state index contributed by atoms with van der Waals surface area (Å²) in [4.78, 5) is 39.1. The highest BCUT2D eigenvalue weighted by Crippen LogP contribution is 2.29. The number of hydrogen-bond acceptors (Lipinski definition) is 8. The van der Waals surface area contributed by atoms with E-state index in [1.54, 1.807) is 31.2 Å². The van der Waals surface area contributed by atoms with Crippen molar-refractivity contribution in [3.8, 4) is 17.2 Å². The van der Waals surface area contributed by atoms with Gasteiger partial charge < -0.3 is 24.6 Å². The number of nitrogens with one attached hydrogen (secondary N) is 1. The van der Waals surface area contributed by atoms with Gasteiger partial charge in [0.05, 0.1) is 13.2 Å². The zero-order valence-corrected chi connectivity index (χ0v) is 22.2. The lowest BCUT2D eigenvalue weighted by molar-refractivity contribution is -0.147. The number of benzene rings is 1. The van der Waals surface area contributed by atoms with Crippen LogP contribution < -0.4 is 14.8 Å². The minimum Gasteiger partial charge on any atom is -0.508 e. The van der Waals surface area contributed by atoms with Gasteiger partial charge in [-0.25, -0.2) is 4.98 Å². The number of hydrogen-bond donors (Lipinski definition) is 2. The number of unbranched alkanes of at least 4 members (excludes halogenated alkanes) is 2. The van der Waals surface area contributed by atoms with Gasteiger partial charge in [0.1, 0.15) is 12.3 Å². The summed E-state index contributed by atoms with van der Waals surface area (Å²) >= 11 is 0. The molecule has 9 heteroatoms. The third kappa shape index (κ3) is 14.6. The van der Waals surface area contributed by atoms with Gasteiger partial charge in [-0.2, -0.15) is 0 Å². The Morgan fingerprint density at radius 2 is 1.67 bits per heavy atom. The van der Waals surface area contributed by atoms with E-state index in [-0.39, 0.29) is 29.8 Å². The van der Waals surface area contributed by atoms with Crippen LogP contribution in [0.2, 0.25) is 0 Å². The van der Waals surface area contributed by atoms with Crippen molar-refractivity contribution >= 4 is 17.8 Å². The summed E-state index contributed by atoms with van der Waals surface area (Å²) in [6.45, 7) is 9.10. The van der Waals surface area contributed by atoms with E-state index in [0.717, 1.165) is 19.3 Å². The number of esters is 2. The normalized spacial score (nSPS) is 10.4. The molecule has 1 atom stereocenters. The maximum atomic E-state index is 12.2. The minimum atomic E-state index is -0.673. The fourth-order valence-corrected chi connectivity index (χ4v) is 2.48. The number of rotatable bonds is 10. The van der Waals surface area contributed by atoms with Crippen molar-refractivity contribution in [1.29, 1.82) is 0 Å². The summed E-state index contributed by atoms with van der Waals surface area (Å²) in [5.74, 6) is -1.43. The predicted octanol–water partition coefficient (Wildman–Crippen LogP) is 5.07. The first kappa shape index (κ1) is 32.4. The average molecular weight is 505 g/mol. The number of amides is 1. The Hall–Kier alpha value is -3.62. The van der Waals surface area contributed by atoms with E-state index in [0.29, 0.717) is 5.75 Å². The van der Waals surface area contributed by atoms with E-state index in [4.69, 9.17) is 19.3 Å². The van der Waals surface area contributed by atoms with E-state index < -0.39 is 17.8 Å². The molecule has 2 rings (SSSR count). The molecule has 0 saturated carbocycles. The average Bonchev–Trinajstić information content (AvgIpc) is 2.86. The lowest BCUT2D eigenvalue weighted by Crippen LogP contribution is -2.33. The number of aromatic hydroxyl groups is 1. The summed E-state index contributed by atoms with van der Waals surface area (Å²) in [7, 11) is 1.37. The molecule has 0 aliphatic carbocycles. The van der Waals surface area contributed by atoms with Gasteiger partial charge in [-0.1, -0.05) is 64.7 Å². The predicted molar refractivity (Wildman–Crippen MR) is 138 cm³/mol. The molecule has 0 radical (unpaired) electrons. The molecule has 2 aromatic rings. The second kappa shape index (κ2) is 19.7. The van der Waals surface area contributed by atoms with Crippen LogP contribution in [0.25, 0.3) is 0 Å². The molecule has 1 aromatic carbocycles. The van der Waals surface area contributed by atoms with Crippen LogP contribution in [0.5, 0.6) is 17.2 Å². The van der Waals surface area contributed by atoms with E-state index in [2.05, 4.69) is 31.1 Å². The van der Waals surface area contributed by atoms with Crippen LogP contribution in [0.3, 0.4) is 0 Å². The van der Waals surface area contributed by atoms with Crippen molar-refractivity contribution in [2.24, 2.45) is 0 Å². The molecule has 1 unspecified atom stereocenters. The largest absolute Gasteiger partial charge is 0.508 e. The van der Waals surface area contributed by atoms with Crippen LogP contribution in [-0.2, 0) is 14.3 Å². The third-order valence-electron chi connectivity index (χ3n) is 4.50. The molecule has 200 valence electrons. The van der Waals surface area contributed by atoms with Gasteiger partial charge >= 0.3 is 11.9 Å². The Morgan fingerprint density at radius 3 is 2.14 bits per heavy atom. The van der Waals surface area contributed by atoms with Gasteiger partial charge in [0, 0.05) is 19.2 Å². The molecule has 2 N–H and O–H groups in total. The highest BCUT2D eigenvalue weighted by atomic mass is 16.6. The Kier molecular flexibility index (Phi) is 17.7. The standard InChI is InChI=1S/C17H24N2O6.C6H6O.C4H10/c1-5-6-7-11(2)24-14(21)10-19-17(22)15-16(25-12(3)20)13(23-4)8-9-18-15;7-6-4-2-1-3-5-6;1-3-4-2/h8-9,11H,5-7,10H2,1-4H3,(H,19,22);1-5,7H;3-4H2,1-2H3. The van der Waals surface area contributed by atoms with Crippen molar-refractivity contribution in [3.05, 3.63) is 48.3 Å². The van der Waals surface area contributed by atoms with Crippen molar-refractivity contribution in [2.75, 3.05) is 13.7 Å². The van der Waals surface area contributed by atoms with Crippen LogP contribution in [0.15, 0.2) is 42.6 Å². The van der Waals surface area contributed by atoms with Crippen molar-refractivity contribution in [3.63, 3.8) is 0 Å². The monoisotopic (exact) mass is 504 g/mol. The molecule has 36 heavy (non-hydrogen) atoms. The Morgan fingerprint density at radius 1 is 1.03 bits per heavy atom. The number of nitrogens with zero attached hydrogens (tertiary/aromatic N) is 1. The van der Waals surface area contributed by atoms with Gasteiger partial charge in [0.25, 0.3) is 5.91 Å². The molecule has 1 amide bonds.